The van der Waals surface area contributed by atoms with Crippen molar-refractivity contribution in [2.45, 2.75) is 52.4 Å². The van der Waals surface area contributed by atoms with E-state index in [-0.39, 0.29) is 0 Å². The number of nitrogens with zero attached hydrogens (tertiary/aromatic N) is 1. The third-order valence-electron chi connectivity index (χ3n) is 4.41. The van der Waals surface area contributed by atoms with Crippen LogP contribution in [0.3, 0.4) is 0 Å². The summed E-state index contributed by atoms with van der Waals surface area (Å²) in [5.41, 5.74) is 2.96. The monoisotopic (exact) mass is 245 g/mol. The summed E-state index contributed by atoms with van der Waals surface area (Å²) in [4.78, 5) is 2.44. The lowest BCUT2D eigenvalue weighted by Crippen LogP contribution is -2.22. The van der Waals surface area contributed by atoms with Crippen LogP contribution in [0.4, 0.5) is 5.69 Å². The highest BCUT2D eigenvalue weighted by molar-refractivity contribution is 5.49. The van der Waals surface area contributed by atoms with E-state index in [0.29, 0.717) is 0 Å². The normalized spacial score (nSPS) is 23.9. The van der Waals surface area contributed by atoms with Crippen molar-refractivity contribution in [2.24, 2.45) is 5.92 Å². The van der Waals surface area contributed by atoms with Crippen molar-refractivity contribution in [3.05, 3.63) is 29.8 Å². The minimum atomic E-state index is 0.796. The number of hydrogen-bond donors (Lipinski definition) is 0. The molecule has 2 rings (SSSR count). The van der Waals surface area contributed by atoms with Crippen LogP contribution in [0.2, 0.25) is 0 Å². The van der Waals surface area contributed by atoms with Crippen molar-refractivity contribution < 1.29 is 0 Å². The summed E-state index contributed by atoms with van der Waals surface area (Å²) in [6.45, 7) is 9.07. The molecule has 0 aliphatic heterocycles. The Bertz CT molecular complexity index is 368. The molecule has 0 aromatic heterocycles. The van der Waals surface area contributed by atoms with Crippen LogP contribution in [0.15, 0.2) is 24.3 Å². The zero-order chi connectivity index (χ0) is 13.0. The van der Waals surface area contributed by atoms with Gasteiger partial charge in [-0.1, -0.05) is 31.9 Å². The summed E-state index contributed by atoms with van der Waals surface area (Å²) in [5, 5.41) is 0. The Labute approximate surface area is 112 Å². The molecule has 0 N–H and O–H groups in total. The first-order chi connectivity index (χ1) is 8.74. The summed E-state index contributed by atoms with van der Waals surface area (Å²) in [5.74, 6) is 1.70. The van der Waals surface area contributed by atoms with Crippen LogP contribution < -0.4 is 4.90 Å². The van der Waals surface area contributed by atoms with Crippen molar-refractivity contribution in [1.82, 2.24) is 0 Å². The molecule has 0 radical (unpaired) electrons. The highest BCUT2D eigenvalue weighted by Gasteiger charge is 2.20. The van der Waals surface area contributed by atoms with E-state index in [1.807, 2.05) is 0 Å². The predicted octanol–water partition coefficient (Wildman–Crippen LogP) is 4.83. The molecule has 1 aliphatic carbocycles. The van der Waals surface area contributed by atoms with E-state index < -0.39 is 0 Å². The predicted molar refractivity (Wildman–Crippen MR) is 80.4 cm³/mol. The van der Waals surface area contributed by atoms with Crippen LogP contribution in [0.1, 0.15) is 57.9 Å². The Morgan fingerprint density at radius 1 is 1.17 bits per heavy atom. The number of benzene rings is 1. The van der Waals surface area contributed by atoms with Crippen LogP contribution in [-0.4, -0.2) is 13.1 Å². The van der Waals surface area contributed by atoms with E-state index in [1.165, 1.54) is 31.4 Å². The maximum atomic E-state index is 2.44. The van der Waals surface area contributed by atoms with Gasteiger partial charge in [0, 0.05) is 18.8 Å². The van der Waals surface area contributed by atoms with Gasteiger partial charge in [-0.05, 0) is 56.2 Å². The number of hydrogen-bond acceptors (Lipinski definition) is 1. The molecule has 0 bridgehead atoms. The molecule has 0 spiro atoms. The molecule has 0 amide bonds. The largest absolute Gasteiger partial charge is 0.372 e. The minimum Gasteiger partial charge on any atom is -0.372 e. The van der Waals surface area contributed by atoms with E-state index >= 15 is 0 Å². The SMILES string of the molecule is CCN(CC)c1cccc(C2CCCC(C)C2)c1. The van der Waals surface area contributed by atoms with Crippen LogP contribution in [-0.2, 0) is 0 Å². The second-order valence-electron chi connectivity index (χ2n) is 5.74. The van der Waals surface area contributed by atoms with E-state index in [0.717, 1.165) is 24.9 Å². The average Bonchev–Trinajstić information content (AvgIpc) is 2.41. The van der Waals surface area contributed by atoms with Crippen LogP contribution in [0.25, 0.3) is 0 Å². The first kappa shape index (κ1) is 13.5. The van der Waals surface area contributed by atoms with Gasteiger partial charge in [0.25, 0.3) is 0 Å². The van der Waals surface area contributed by atoms with Crippen LogP contribution in [0, 0.1) is 5.92 Å². The van der Waals surface area contributed by atoms with Gasteiger partial charge in [0.1, 0.15) is 0 Å². The highest BCUT2D eigenvalue weighted by atomic mass is 15.1. The minimum absolute atomic E-state index is 0.796. The third kappa shape index (κ3) is 3.07. The van der Waals surface area contributed by atoms with Gasteiger partial charge in [-0.25, -0.2) is 0 Å². The number of rotatable bonds is 4. The molecule has 2 atom stereocenters. The second kappa shape index (κ2) is 6.26. The maximum absolute atomic E-state index is 2.44. The van der Waals surface area contributed by atoms with Crippen LogP contribution in [0.5, 0.6) is 0 Å². The van der Waals surface area contributed by atoms with Gasteiger partial charge in [0.15, 0.2) is 0 Å². The van der Waals surface area contributed by atoms with Gasteiger partial charge < -0.3 is 4.90 Å². The van der Waals surface area contributed by atoms with Gasteiger partial charge >= 0.3 is 0 Å². The Kier molecular flexibility index (Phi) is 4.68. The lowest BCUT2D eigenvalue weighted by atomic mass is 9.79. The molecule has 18 heavy (non-hydrogen) atoms. The topological polar surface area (TPSA) is 3.24 Å². The van der Waals surface area contributed by atoms with E-state index in [9.17, 15) is 0 Å². The molecule has 0 saturated heterocycles. The molecular formula is C17H27N. The fourth-order valence-corrected chi connectivity index (χ4v) is 3.30. The first-order valence-corrected chi connectivity index (χ1v) is 7.59. The molecule has 1 aromatic rings. The Morgan fingerprint density at radius 2 is 1.94 bits per heavy atom. The standard InChI is InChI=1S/C17H27N/c1-4-18(5-2)17-11-7-10-16(13-17)15-9-6-8-14(3)12-15/h7,10-11,13-15H,4-6,8-9,12H2,1-3H3. The average molecular weight is 245 g/mol. The van der Waals surface area contributed by atoms with Crippen molar-refractivity contribution in [3.8, 4) is 0 Å². The van der Waals surface area contributed by atoms with E-state index in [1.54, 1.807) is 5.56 Å². The second-order valence-corrected chi connectivity index (χ2v) is 5.74. The summed E-state index contributed by atoms with van der Waals surface area (Å²) < 4.78 is 0. The molecule has 1 nitrogen and oxygen atoms in total. The molecule has 0 heterocycles. The Balaban J connectivity index is 2.15. The molecule has 1 aromatic carbocycles. The molecule has 1 fully saturated rings. The van der Waals surface area contributed by atoms with E-state index in [4.69, 9.17) is 0 Å². The van der Waals surface area contributed by atoms with Gasteiger partial charge in [0.2, 0.25) is 0 Å². The maximum Gasteiger partial charge on any atom is 0.0368 e. The first-order valence-electron chi connectivity index (χ1n) is 7.59. The molecule has 100 valence electrons. The fraction of sp³-hybridized carbons (Fsp3) is 0.647. The summed E-state index contributed by atoms with van der Waals surface area (Å²) in [7, 11) is 0. The summed E-state index contributed by atoms with van der Waals surface area (Å²) in [6, 6.07) is 9.25. The van der Waals surface area contributed by atoms with Crippen molar-refractivity contribution in [3.63, 3.8) is 0 Å². The molecular weight excluding hydrogens is 218 g/mol. The van der Waals surface area contributed by atoms with Crippen molar-refractivity contribution in [1.29, 1.82) is 0 Å². The Hall–Kier alpha value is -0.980. The highest BCUT2D eigenvalue weighted by Crippen LogP contribution is 2.36. The van der Waals surface area contributed by atoms with Crippen molar-refractivity contribution in [2.75, 3.05) is 18.0 Å². The third-order valence-corrected chi connectivity index (χ3v) is 4.41. The molecule has 1 saturated carbocycles. The van der Waals surface area contributed by atoms with Gasteiger partial charge in [-0.3, -0.25) is 0 Å². The van der Waals surface area contributed by atoms with Gasteiger partial charge in [-0.15, -0.1) is 0 Å². The van der Waals surface area contributed by atoms with Gasteiger partial charge in [-0.2, -0.15) is 0 Å². The van der Waals surface area contributed by atoms with Crippen LogP contribution >= 0.6 is 0 Å². The fourth-order valence-electron chi connectivity index (χ4n) is 3.30. The van der Waals surface area contributed by atoms with E-state index in [2.05, 4.69) is 49.9 Å². The Morgan fingerprint density at radius 3 is 2.61 bits per heavy atom. The van der Waals surface area contributed by atoms with Crippen molar-refractivity contribution >= 4 is 5.69 Å². The lowest BCUT2D eigenvalue weighted by molar-refractivity contribution is 0.344. The lowest BCUT2D eigenvalue weighted by Gasteiger charge is -2.28. The number of anilines is 1. The zero-order valence-electron chi connectivity index (χ0n) is 12.2. The quantitative estimate of drug-likeness (QED) is 0.734. The smallest absolute Gasteiger partial charge is 0.0368 e. The molecule has 1 heteroatoms. The summed E-state index contributed by atoms with van der Waals surface area (Å²) in [6.07, 6.45) is 5.58. The molecule has 2 unspecified atom stereocenters. The zero-order valence-corrected chi connectivity index (χ0v) is 12.2. The van der Waals surface area contributed by atoms with Gasteiger partial charge in [0.05, 0.1) is 0 Å². The summed E-state index contributed by atoms with van der Waals surface area (Å²) >= 11 is 0. The molecule has 1 aliphatic rings.